The lowest BCUT2D eigenvalue weighted by Crippen LogP contribution is -2.01. The molecule has 0 N–H and O–H groups in total. The third-order valence-electron chi connectivity index (χ3n) is 3.18. The average molecular weight is 274 g/mol. The van der Waals surface area contributed by atoms with Gasteiger partial charge < -0.3 is 4.57 Å². The summed E-state index contributed by atoms with van der Waals surface area (Å²) in [6, 6.07) is 19.1. The Morgan fingerprint density at radius 2 is 1.52 bits per heavy atom. The summed E-state index contributed by atoms with van der Waals surface area (Å²) in [5.41, 5.74) is 2.45. The highest BCUT2D eigenvalue weighted by Crippen LogP contribution is 2.17. The first-order valence-electron chi connectivity index (χ1n) is 6.69. The highest BCUT2D eigenvalue weighted by molar-refractivity contribution is 6.08. The number of carbonyl (C=O) groups excluding carboxylic acids is 1. The molecule has 0 unspecified atom stereocenters. The highest BCUT2D eigenvalue weighted by atomic mass is 16.1. The number of ketones is 1. The Morgan fingerprint density at radius 1 is 0.905 bits per heavy atom. The topological polar surface area (TPSA) is 34.9 Å². The quantitative estimate of drug-likeness (QED) is 0.537. The van der Waals surface area contributed by atoms with Crippen molar-refractivity contribution < 1.29 is 4.79 Å². The second kappa shape index (κ2) is 6.01. The van der Waals surface area contributed by atoms with Crippen molar-refractivity contribution in [1.82, 2.24) is 9.55 Å². The molecule has 0 saturated carbocycles. The highest BCUT2D eigenvalue weighted by Gasteiger charge is 2.08. The Labute approximate surface area is 123 Å². The summed E-state index contributed by atoms with van der Waals surface area (Å²) in [4.78, 5) is 16.5. The van der Waals surface area contributed by atoms with Gasteiger partial charge in [-0.1, -0.05) is 60.7 Å². The van der Waals surface area contributed by atoms with Crippen LogP contribution in [0.3, 0.4) is 0 Å². The average Bonchev–Trinajstić information content (AvgIpc) is 3.08. The van der Waals surface area contributed by atoms with Crippen LogP contribution in [-0.4, -0.2) is 15.3 Å². The maximum Gasteiger partial charge on any atom is 0.187 e. The number of benzene rings is 2. The smallest absolute Gasteiger partial charge is 0.187 e. The molecule has 0 spiro atoms. The summed E-state index contributed by atoms with van der Waals surface area (Å²) in [7, 11) is 0. The van der Waals surface area contributed by atoms with Gasteiger partial charge in [-0.3, -0.25) is 4.79 Å². The largest absolute Gasteiger partial charge is 0.306 e. The zero-order chi connectivity index (χ0) is 14.5. The molecule has 0 radical (unpaired) electrons. The van der Waals surface area contributed by atoms with Gasteiger partial charge in [0.05, 0.1) is 12.0 Å². The fourth-order valence-electron chi connectivity index (χ4n) is 2.13. The summed E-state index contributed by atoms with van der Waals surface area (Å²) in [6.45, 7) is 0. The Bertz CT molecular complexity index is 744. The molecule has 3 heteroatoms. The lowest BCUT2D eigenvalue weighted by atomic mass is 10.1. The number of allylic oxidation sites excluding steroid dienone is 1. The van der Waals surface area contributed by atoms with Gasteiger partial charge in [-0.2, -0.15) is 0 Å². The molecule has 3 aromatic rings. The van der Waals surface area contributed by atoms with Crippen molar-refractivity contribution in [1.29, 1.82) is 0 Å². The van der Waals surface area contributed by atoms with Gasteiger partial charge in [0.15, 0.2) is 5.78 Å². The van der Waals surface area contributed by atoms with Crippen LogP contribution in [0.1, 0.15) is 15.9 Å². The Morgan fingerprint density at radius 3 is 2.10 bits per heavy atom. The summed E-state index contributed by atoms with van der Waals surface area (Å²) >= 11 is 0. The first-order valence-corrected chi connectivity index (χ1v) is 6.69. The molecule has 0 fully saturated rings. The second-order valence-electron chi connectivity index (χ2n) is 4.60. The van der Waals surface area contributed by atoms with Gasteiger partial charge in [-0.05, 0) is 5.56 Å². The molecule has 102 valence electrons. The molecular formula is C18H14N2O. The van der Waals surface area contributed by atoms with E-state index in [0.29, 0.717) is 5.56 Å². The fourth-order valence-corrected chi connectivity index (χ4v) is 2.13. The van der Waals surface area contributed by atoms with E-state index in [1.165, 1.54) is 0 Å². The predicted molar refractivity (Wildman–Crippen MR) is 82.8 cm³/mol. The van der Waals surface area contributed by atoms with Gasteiger partial charge in [-0.15, -0.1) is 0 Å². The number of hydrogen-bond donors (Lipinski definition) is 0. The van der Waals surface area contributed by atoms with Crippen LogP contribution in [0.2, 0.25) is 0 Å². The number of imidazole rings is 1. The molecular weight excluding hydrogens is 260 g/mol. The van der Waals surface area contributed by atoms with E-state index >= 15 is 0 Å². The van der Waals surface area contributed by atoms with Crippen LogP contribution in [0.5, 0.6) is 0 Å². The zero-order valence-electron chi connectivity index (χ0n) is 11.4. The van der Waals surface area contributed by atoms with Gasteiger partial charge in [0.1, 0.15) is 0 Å². The molecule has 21 heavy (non-hydrogen) atoms. The summed E-state index contributed by atoms with van der Waals surface area (Å²) in [6.07, 6.45) is 6.87. The van der Waals surface area contributed by atoms with Crippen LogP contribution in [0, 0.1) is 0 Å². The van der Waals surface area contributed by atoms with E-state index in [9.17, 15) is 4.79 Å². The lowest BCUT2D eigenvalue weighted by Gasteiger charge is -2.08. The lowest BCUT2D eigenvalue weighted by molar-refractivity contribution is 0.104. The molecule has 0 aliphatic carbocycles. The molecule has 0 atom stereocenters. The van der Waals surface area contributed by atoms with Crippen molar-refractivity contribution in [2.45, 2.75) is 0 Å². The fraction of sp³-hybridized carbons (Fsp3) is 0. The monoisotopic (exact) mass is 274 g/mol. The van der Waals surface area contributed by atoms with Crippen LogP contribution in [0.4, 0.5) is 0 Å². The normalized spacial score (nSPS) is 11.3. The van der Waals surface area contributed by atoms with E-state index in [4.69, 9.17) is 0 Å². The summed E-state index contributed by atoms with van der Waals surface area (Å²) in [5, 5.41) is 0. The van der Waals surface area contributed by atoms with Crippen molar-refractivity contribution in [3.63, 3.8) is 0 Å². The van der Waals surface area contributed by atoms with Crippen LogP contribution < -0.4 is 0 Å². The Hall–Kier alpha value is -2.94. The van der Waals surface area contributed by atoms with E-state index in [2.05, 4.69) is 4.98 Å². The molecule has 3 rings (SSSR count). The molecule has 0 saturated heterocycles. The number of rotatable bonds is 4. The van der Waals surface area contributed by atoms with Crippen molar-refractivity contribution >= 4 is 11.5 Å². The van der Waals surface area contributed by atoms with E-state index < -0.39 is 0 Å². The molecule has 0 aliphatic rings. The minimum Gasteiger partial charge on any atom is -0.306 e. The Balaban J connectivity index is 2.04. The van der Waals surface area contributed by atoms with Crippen molar-refractivity contribution in [2.75, 3.05) is 0 Å². The minimum atomic E-state index is -0.0249. The number of carbonyl (C=O) groups is 1. The van der Waals surface area contributed by atoms with Gasteiger partial charge in [0.2, 0.25) is 0 Å². The van der Waals surface area contributed by atoms with Gasteiger partial charge in [0, 0.05) is 24.0 Å². The maximum atomic E-state index is 12.4. The van der Waals surface area contributed by atoms with Crippen LogP contribution >= 0.6 is 0 Å². The van der Waals surface area contributed by atoms with E-state index in [-0.39, 0.29) is 5.78 Å². The minimum absolute atomic E-state index is 0.0249. The van der Waals surface area contributed by atoms with Crippen LogP contribution in [-0.2, 0) is 0 Å². The maximum absolute atomic E-state index is 12.4. The van der Waals surface area contributed by atoms with Gasteiger partial charge in [-0.25, -0.2) is 4.98 Å². The molecule has 1 aromatic heterocycles. The summed E-state index contributed by atoms with van der Waals surface area (Å²) < 4.78 is 1.84. The van der Waals surface area contributed by atoms with Crippen LogP contribution in [0.25, 0.3) is 5.70 Å². The molecule has 0 amide bonds. The number of aromatic nitrogens is 2. The molecule has 2 aromatic carbocycles. The van der Waals surface area contributed by atoms with Crippen LogP contribution in [0.15, 0.2) is 85.5 Å². The molecule has 0 aliphatic heterocycles. The standard InChI is InChI=1S/C18H14N2O/c21-18(16-9-5-2-6-10-16)13-17(20-12-11-19-14-20)15-7-3-1-4-8-15/h1-14H/b17-13-. The van der Waals surface area contributed by atoms with Crippen molar-refractivity contribution in [2.24, 2.45) is 0 Å². The number of nitrogens with zero attached hydrogens (tertiary/aromatic N) is 2. The molecule has 1 heterocycles. The second-order valence-corrected chi connectivity index (χ2v) is 4.60. The first-order chi connectivity index (χ1) is 10.3. The summed E-state index contributed by atoms with van der Waals surface area (Å²) in [5.74, 6) is -0.0249. The first kappa shape index (κ1) is 13.1. The SMILES string of the molecule is O=C(/C=C(/c1ccccc1)n1ccnc1)c1ccccc1. The number of hydrogen-bond acceptors (Lipinski definition) is 2. The van der Waals surface area contributed by atoms with E-state index in [1.54, 1.807) is 18.6 Å². The third kappa shape index (κ3) is 2.98. The van der Waals surface area contributed by atoms with E-state index in [0.717, 1.165) is 11.3 Å². The third-order valence-corrected chi connectivity index (χ3v) is 3.18. The molecule has 0 bridgehead atoms. The van der Waals surface area contributed by atoms with Gasteiger partial charge >= 0.3 is 0 Å². The van der Waals surface area contributed by atoms with Gasteiger partial charge in [0.25, 0.3) is 0 Å². The zero-order valence-corrected chi connectivity index (χ0v) is 11.4. The molecule has 3 nitrogen and oxygen atoms in total. The van der Waals surface area contributed by atoms with Crippen molar-refractivity contribution in [3.05, 3.63) is 96.6 Å². The predicted octanol–water partition coefficient (Wildman–Crippen LogP) is 3.66. The van der Waals surface area contributed by atoms with E-state index in [1.807, 2.05) is 71.4 Å². The van der Waals surface area contributed by atoms with Crippen molar-refractivity contribution in [3.8, 4) is 0 Å². The Kier molecular flexibility index (Phi) is 3.74.